The molecule has 104 valence electrons. The maximum Gasteiger partial charge on any atom is 0.319 e. The van der Waals surface area contributed by atoms with Gasteiger partial charge in [-0.3, -0.25) is 0 Å². The van der Waals surface area contributed by atoms with Crippen molar-refractivity contribution in [2.24, 2.45) is 5.92 Å². The molecule has 0 atom stereocenters. The molecule has 0 aromatic heterocycles. The summed E-state index contributed by atoms with van der Waals surface area (Å²) in [7, 11) is 4.12. The highest BCUT2D eigenvalue weighted by Gasteiger charge is 2.23. The lowest BCUT2D eigenvalue weighted by Crippen LogP contribution is -2.51. The van der Waals surface area contributed by atoms with Crippen LogP contribution in [-0.2, 0) is 0 Å². The van der Waals surface area contributed by atoms with Gasteiger partial charge >= 0.3 is 6.03 Å². The predicted molar refractivity (Wildman–Crippen MR) is 72.7 cm³/mol. The Morgan fingerprint density at radius 3 is 2.44 bits per heavy atom. The molecule has 1 N–H and O–H groups in total. The lowest BCUT2D eigenvalue weighted by Gasteiger charge is -2.35. The molecule has 0 aliphatic carbocycles. The molecular formula is C13H26N4O. The minimum absolute atomic E-state index is 0.204. The van der Waals surface area contributed by atoms with Crippen molar-refractivity contribution < 1.29 is 4.79 Å². The van der Waals surface area contributed by atoms with Gasteiger partial charge in [-0.05, 0) is 38.9 Å². The fourth-order valence-corrected chi connectivity index (χ4v) is 2.81. The van der Waals surface area contributed by atoms with Gasteiger partial charge in [0.2, 0.25) is 0 Å². The molecule has 2 rings (SSSR count). The number of nitrogens with one attached hydrogen (secondary N) is 1. The number of carbonyl (C=O) groups excluding carboxylic acids is 1. The molecular weight excluding hydrogens is 228 g/mol. The predicted octanol–water partition coefficient (Wildman–Crippen LogP) is 0.285. The van der Waals surface area contributed by atoms with Gasteiger partial charge in [0, 0.05) is 39.8 Å². The molecule has 0 aromatic carbocycles. The molecule has 0 aromatic rings. The summed E-state index contributed by atoms with van der Waals surface area (Å²) in [4.78, 5) is 18.5. The summed E-state index contributed by atoms with van der Waals surface area (Å²) in [6, 6.07) is 0.204. The number of nitrogens with zero attached hydrogens (tertiary/aromatic N) is 3. The van der Waals surface area contributed by atoms with E-state index in [0.29, 0.717) is 5.92 Å². The van der Waals surface area contributed by atoms with Crippen molar-refractivity contribution in [1.82, 2.24) is 20.0 Å². The summed E-state index contributed by atoms with van der Waals surface area (Å²) in [5, 5.41) is 3.28. The van der Waals surface area contributed by atoms with Crippen LogP contribution in [-0.4, -0.2) is 80.6 Å². The molecule has 0 bridgehead atoms. The van der Waals surface area contributed by atoms with Crippen molar-refractivity contribution in [2.75, 3.05) is 59.9 Å². The third-order valence-corrected chi connectivity index (χ3v) is 4.08. The van der Waals surface area contributed by atoms with E-state index >= 15 is 0 Å². The monoisotopic (exact) mass is 254 g/mol. The first-order chi connectivity index (χ1) is 8.66. The molecule has 2 aliphatic heterocycles. The van der Waals surface area contributed by atoms with Gasteiger partial charge in [-0.1, -0.05) is 0 Å². The average molecular weight is 254 g/mol. The quantitative estimate of drug-likeness (QED) is 0.769. The molecule has 0 spiro atoms. The summed E-state index contributed by atoms with van der Waals surface area (Å²) in [5.74, 6) is 0.679. The Morgan fingerprint density at radius 1 is 1.22 bits per heavy atom. The van der Waals surface area contributed by atoms with Crippen LogP contribution < -0.4 is 5.32 Å². The van der Waals surface area contributed by atoms with Crippen molar-refractivity contribution in [3.63, 3.8) is 0 Å². The van der Waals surface area contributed by atoms with Crippen LogP contribution in [0.5, 0.6) is 0 Å². The van der Waals surface area contributed by atoms with E-state index < -0.39 is 0 Å². The van der Waals surface area contributed by atoms with E-state index in [0.717, 1.165) is 32.7 Å². The maximum absolute atomic E-state index is 12.2. The summed E-state index contributed by atoms with van der Waals surface area (Å²) in [5.41, 5.74) is 0. The van der Waals surface area contributed by atoms with Gasteiger partial charge in [-0.25, -0.2) is 4.79 Å². The molecule has 2 saturated heterocycles. The van der Waals surface area contributed by atoms with Crippen LogP contribution in [0.3, 0.4) is 0 Å². The summed E-state index contributed by atoms with van der Waals surface area (Å²) in [6.07, 6.45) is 2.44. The minimum atomic E-state index is 0.204. The fraction of sp³-hybridized carbons (Fsp3) is 0.923. The number of urea groups is 1. The molecule has 5 nitrogen and oxygen atoms in total. The molecule has 2 fully saturated rings. The van der Waals surface area contributed by atoms with Crippen molar-refractivity contribution in [3.8, 4) is 0 Å². The Bertz CT molecular complexity index is 270. The van der Waals surface area contributed by atoms with Crippen molar-refractivity contribution >= 4 is 6.03 Å². The maximum atomic E-state index is 12.2. The fourth-order valence-electron chi connectivity index (χ4n) is 2.81. The third-order valence-electron chi connectivity index (χ3n) is 4.08. The topological polar surface area (TPSA) is 38.8 Å². The average Bonchev–Trinajstić information content (AvgIpc) is 2.41. The van der Waals surface area contributed by atoms with Gasteiger partial charge in [0.25, 0.3) is 0 Å². The SMILES string of the molecule is CN1CCC(CN(C)C(=O)N2CCNCC2)CC1. The molecule has 2 aliphatic rings. The van der Waals surface area contributed by atoms with E-state index in [1.807, 2.05) is 16.8 Å². The number of likely N-dealkylation sites (tertiary alicyclic amines) is 1. The first-order valence-corrected chi connectivity index (χ1v) is 7.06. The van der Waals surface area contributed by atoms with Gasteiger partial charge in [-0.15, -0.1) is 0 Å². The lowest BCUT2D eigenvalue weighted by molar-refractivity contribution is 0.136. The van der Waals surface area contributed by atoms with Crippen molar-refractivity contribution in [3.05, 3.63) is 0 Å². The number of hydrogen-bond donors (Lipinski definition) is 1. The Labute approximate surface area is 110 Å². The van der Waals surface area contributed by atoms with E-state index in [1.54, 1.807) is 0 Å². The lowest BCUT2D eigenvalue weighted by atomic mass is 9.97. The first kappa shape index (κ1) is 13.6. The Morgan fingerprint density at radius 2 is 1.83 bits per heavy atom. The van der Waals surface area contributed by atoms with E-state index in [2.05, 4.69) is 17.3 Å². The normalized spacial score (nSPS) is 23.1. The number of piperidine rings is 1. The zero-order valence-electron chi connectivity index (χ0n) is 11.7. The zero-order chi connectivity index (χ0) is 13.0. The molecule has 0 saturated carbocycles. The van der Waals surface area contributed by atoms with Gasteiger partial charge in [0.1, 0.15) is 0 Å². The Balaban J connectivity index is 1.76. The van der Waals surface area contributed by atoms with Gasteiger partial charge in [0.05, 0.1) is 0 Å². The van der Waals surface area contributed by atoms with Crippen LogP contribution in [0.1, 0.15) is 12.8 Å². The second-order valence-corrected chi connectivity index (χ2v) is 5.65. The zero-order valence-corrected chi connectivity index (χ0v) is 11.7. The highest BCUT2D eigenvalue weighted by atomic mass is 16.2. The largest absolute Gasteiger partial charge is 0.327 e. The number of amides is 2. The second-order valence-electron chi connectivity index (χ2n) is 5.65. The summed E-state index contributed by atoms with van der Waals surface area (Å²) >= 11 is 0. The third kappa shape index (κ3) is 3.59. The highest BCUT2D eigenvalue weighted by Crippen LogP contribution is 2.17. The Kier molecular flexibility index (Phi) is 4.83. The minimum Gasteiger partial charge on any atom is -0.327 e. The Hall–Kier alpha value is -0.810. The van der Waals surface area contributed by atoms with Crippen LogP contribution in [0.25, 0.3) is 0 Å². The number of carbonyl (C=O) groups is 1. The molecule has 0 radical (unpaired) electrons. The number of piperazine rings is 1. The van der Waals surface area contributed by atoms with Gasteiger partial charge < -0.3 is 20.0 Å². The van der Waals surface area contributed by atoms with E-state index in [4.69, 9.17) is 0 Å². The van der Waals surface area contributed by atoms with Crippen LogP contribution in [0.15, 0.2) is 0 Å². The molecule has 5 heteroatoms. The van der Waals surface area contributed by atoms with Crippen LogP contribution in [0, 0.1) is 5.92 Å². The van der Waals surface area contributed by atoms with E-state index in [-0.39, 0.29) is 6.03 Å². The van der Waals surface area contributed by atoms with Gasteiger partial charge in [-0.2, -0.15) is 0 Å². The number of rotatable bonds is 2. The standard InChI is InChI=1S/C13H26N4O/c1-15-7-3-12(4-8-15)11-16(2)13(18)17-9-5-14-6-10-17/h12,14H,3-11H2,1-2H3. The first-order valence-electron chi connectivity index (χ1n) is 7.06. The number of hydrogen-bond acceptors (Lipinski definition) is 3. The van der Waals surface area contributed by atoms with E-state index in [1.165, 1.54) is 25.9 Å². The van der Waals surface area contributed by atoms with Crippen molar-refractivity contribution in [2.45, 2.75) is 12.8 Å². The highest BCUT2D eigenvalue weighted by molar-refractivity contribution is 5.74. The van der Waals surface area contributed by atoms with E-state index in [9.17, 15) is 4.79 Å². The van der Waals surface area contributed by atoms with Gasteiger partial charge in [0.15, 0.2) is 0 Å². The van der Waals surface area contributed by atoms with Crippen LogP contribution in [0.2, 0.25) is 0 Å². The molecule has 2 heterocycles. The molecule has 2 amide bonds. The van der Waals surface area contributed by atoms with Crippen LogP contribution in [0.4, 0.5) is 4.79 Å². The summed E-state index contributed by atoms with van der Waals surface area (Å²) < 4.78 is 0. The van der Waals surface area contributed by atoms with Crippen LogP contribution >= 0.6 is 0 Å². The molecule has 0 unspecified atom stereocenters. The van der Waals surface area contributed by atoms with Crippen molar-refractivity contribution in [1.29, 1.82) is 0 Å². The summed E-state index contributed by atoms with van der Waals surface area (Å²) in [6.45, 7) is 6.78. The smallest absolute Gasteiger partial charge is 0.319 e. The second kappa shape index (κ2) is 6.38. The molecule has 18 heavy (non-hydrogen) atoms.